The Balaban J connectivity index is 1.56. The molecule has 0 radical (unpaired) electrons. The van der Waals surface area contributed by atoms with Crippen molar-refractivity contribution in [3.05, 3.63) is 11.1 Å². The lowest BCUT2D eigenvalue weighted by Gasteiger charge is -2.72. The minimum atomic E-state index is -0.661. The molecule has 0 spiro atoms. The van der Waals surface area contributed by atoms with Gasteiger partial charge in [-0.3, -0.25) is 9.59 Å². The molecule has 200 valence electrons. The average molecular weight is 497 g/mol. The molecule has 5 aliphatic carbocycles. The van der Waals surface area contributed by atoms with Crippen molar-refractivity contribution < 1.29 is 19.5 Å². The Morgan fingerprint density at radius 3 is 2.25 bits per heavy atom. The first kappa shape index (κ1) is 26.2. The highest BCUT2D eigenvalue weighted by atomic mass is 16.4. The minimum Gasteiger partial charge on any atom is -0.481 e. The van der Waals surface area contributed by atoms with Gasteiger partial charge in [0.1, 0.15) is 6.29 Å². The van der Waals surface area contributed by atoms with Gasteiger partial charge >= 0.3 is 5.97 Å². The lowest BCUT2D eigenvalue weighted by molar-refractivity contribution is -0.221. The molecule has 0 heterocycles. The Morgan fingerprint density at radius 1 is 0.944 bits per heavy atom. The molecule has 0 aromatic carbocycles. The zero-order chi connectivity index (χ0) is 26.5. The van der Waals surface area contributed by atoms with Crippen LogP contribution in [0.1, 0.15) is 113 Å². The number of hydrogen-bond acceptors (Lipinski definition) is 3. The molecule has 0 bridgehead atoms. The van der Waals surface area contributed by atoms with Gasteiger partial charge in [-0.1, -0.05) is 48.5 Å². The third-order valence-corrected chi connectivity index (χ3v) is 13.4. The van der Waals surface area contributed by atoms with E-state index in [-0.39, 0.29) is 45.7 Å². The normalized spacial score (nSPS) is 47.6. The summed E-state index contributed by atoms with van der Waals surface area (Å²) in [4.78, 5) is 37.5. The third-order valence-electron chi connectivity index (χ3n) is 13.4. The maximum atomic E-state index is 13.2. The molecule has 4 fully saturated rings. The van der Waals surface area contributed by atoms with E-state index in [1.165, 1.54) is 12.0 Å². The molecule has 4 nitrogen and oxygen atoms in total. The standard InChI is InChI=1S/C32H48O4/c1-19(2)26-22(34)17-32(18-33)15-14-30(6)21(27(26)32)8-9-24-29(5)12-10-20(16-25(35)36)28(3,4)23(29)11-13-31(24,30)7/h18-21,23-24H,8-17H2,1-7H3,(H,35,36)/t20-,21-,23+,24?,29+,30-,31-,32+/m1/s1. The van der Waals surface area contributed by atoms with E-state index in [1.807, 2.05) is 0 Å². The Kier molecular flexibility index (Phi) is 5.83. The zero-order valence-corrected chi connectivity index (χ0v) is 23.7. The highest BCUT2D eigenvalue weighted by molar-refractivity contribution is 6.03. The second-order valence-electron chi connectivity index (χ2n) is 15.1. The molecule has 1 N–H and O–H groups in total. The second-order valence-corrected chi connectivity index (χ2v) is 15.1. The summed E-state index contributed by atoms with van der Waals surface area (Å²) < 4.78 is 0. The van der Waals surface area contributed by atoms with Crippen LogP contribution in [0.4, 0.5) is 0 Å². The first-order chi connectivity index (χ1) is 16.7. The Bertz CT molecular complexity index is 1020. The summed E-state index contributed by atoms with van der Waals surface area (Å²) in [5.74, 6) is 1.43. The van der Waals surface area contributed by atoms with E-state index in [1.54, 1.807) is 0 Å². The van der Waals surface area contributed by atoms with Gasteiger partial charge in [0.2, 0.25) is 0 Å². The topological polar surface area (TPSA) is 71.4 Å². The number of hydrogen-bond donors (Lipinski definition) is 1. The molecule has 0 aliphatic heterocycles. The molecule has 5 aliphatic rings. The highest BCUT2D eigenvalue weighted by Gasteiger charge is 2.69. The first-order valence-corrected chi connectivity index (χ1v) is 14.6. The number of carboxylic acids is 1. The van der Waals surface area contributed by atoms with Crippen LogP contribution in [-0.2, 0) is 14.4 Å². The lowest BCUT2D eigenvalue weighted by atomic mass is 9.32. The third kappa shape index (κ3) is 3.14. The monoisotopic (exact) mass is 496 g/mol. The fourth-order valence-electron chi connectivity index (χ4n) is 11.4. The summed E-state index contributed by atoms with van der Waals surface area (Å²) in [6.45, 7) is 16.6. The number of aliphatic carboxylic acids is 1. The number of carbonyl (C=O) groups is 3. The summed E-state index contributed by atoms with van der Waals surface area (Å²) in [7, 11) is 0. The van der Waals surface area contributed by atoms with Crippen LogP contribution in [0.25, 0.3) is 0 Å². The van der Waals surface area contributed by atoms with Crippen molar-refractivity contribution in [1.29, 1.82) is 0 Å². The van der Waals surface area contributed by atoms with E-state index in [4.69, 9.17) is 0 Å². The number of carboxylic acid groups (broad SMARTS) is 1. The van der Waals surface area contributed by atoms with Crippen LogP contribution in [0, 0.1) is 56.7 Å². The molecule has 1 unspecified atom stereocenters. The van der Waals surface area contributed by atoms with Crippen molar-refractivity contribution in [3.8, 4) is 0 Å². The maximum Gasteiger partial charge on any atom is 0.303 e. The van der Waals surface area contributed by atoms with Crippen LogP contribution in [0.2, 0.25) is 0 Å². The summed E-state index contributed by atoms with van der Waals surface area (Å²) in [5, 5.41) is 9.59. The van der Waals surface area contributed by atoms with Gasteiger partial charge in [-0.15, -0.1) is 0 Å². The second kappa shape index (κ2) is 8.03. The van der Waals surface area contributed by atoms with E-state index in [2.05, 4.69) is 48.5 Å². The molecule has 4 saturated carbocycles. The van der Waals surface area contributed by atoms with Crippen LogP contribution in [0.3, 0.4) is 0 Å². The fraction of sp³-hybridized carbons (Fsp3) is 0.844. The number of carbonyl (C=O) groups excluding carboxylic acids is 2. The van der Waals surface area contributed by atoms with Gasteiger partial charge in [0, 0.05) is 12.8 Å². The van der Waals surface area contributed by atoms with E-state index in [0.29, 0.717) is 24.2 Å². The smallest absolute Gasteiger partial charge is 0.303 e. The van der Waals surface area contributed by atoms with Crippen LogP contribution >= 0.6 is 0 Å². The van der Waals surface area contributed by atoms with Crippen molar-refractivity contribution in [1.82, 2.24) is 0 Å². The van der Waals surface area contributed by atoms with E-state index in [9.17, 15) is 19.5 Å². The van der Waals surface area contributed by atoms with Gasteiger partial charge in [0.15, 0.2) is 5.78 Å². The van der Waals surface area contributed by atoms with E-state index in [0.717, 1.165) is 56.8 Å². The van der Waals surface area contributed by atoms with Crippen molar-refractivity contribution >= 4 is 18.0 Å². The summed E-state index contributed by atoms with van der Waals surface area (Å²) in [6, 6.07) is 0. The minimum absolute atomic E-state index is 0.0227. The number of fused-ring (bicyclic) bond motifs is 7. The number of ketones is 1. The van der Waals surface area contributed by atoms with Crippen LogP contribution < -0.4 is 0 Å². The molecule has 0 amide bonds. The SMILES string of the molecule is CC(C)C1=C2[C@H]3CCC4[C@@]5(C)CC[C@H](CC(=O)O)C(C)(C)[C@@H]5CC[C@@]4(C)[C@]3(C)CC[C@@]2(C=O)CC1=O. The predicted molar refractivity (Wildman–Crippen MR) is 141 cm³/mol. The average Bonchev–Trinajstić information content (AvgIpc) is 3.09. The maximum absolute atomic E-state index is 13.2. The first-order valence-electron chi connectivity index (χ1n) is 14.6. The summed E-state index contributed by atoms with van der Waals surface area (Å²) in [6.07, 6.45) is 10.3. The molecule has 4 heteroatoms. The van der Waals surface area contributed by atoms with Crippen LogP contribution in [0.15, 0.2) is 11.1 Å². The van der Waals surface area contributed by atoms with Gasteiger partial charge < -0.3 is 9.90 Å². The van der Waals surface area contributed by atoms with Crippen molar-refractivity contribution in [2.45, 2.75) is 113 Å². The molecular weight excluding hydrogens is 448 g/mol. The van der Waals surface area contributed by atoms with Crippen molar-refractivity contribution in [2.75, 3.05) is 0 Å². The quantitative estimate of drug-likeness (QED) is 0.416. The predicted octanol–water partition coefficient (Wildman–Crippen LogP) is 7.26. The van der Waals surface area contributed by atoms with E-state index < -0.39 is 11.4 Å². The van der Waals surface area contributed by atoms with Gasteiger partial charge in [-0.2, -0.15) is 0 Å². The van der Waals surface area contributed by atoms with Gasteiger partial charge in [0.05, 0.1) is 5.41 Å². The van der Waals surface area contributed by atoms with Crippen molar-refractivity contribution in [2.24, 2.45) is 56.7 Å². The Labute approximate surface area is 218 Å². The summed E-state index contributed by atoms with van der Waals surface area (Å²) >= 11 is 0. The molecule has 0 aromatic rings. The number of rotatable bonds is 4. The Morgan fingerprint density at radius 2 is 1.64 bits per heavy atom. The van der Waals surface area contributed by atoms with Crippen molar-refractivity contribution in [3.63, 3.8) is 0 Å². The molecule has 8 atom stereocenters. The Hall–Kier alpha value is -1.45. The molecular formula is C32H48O4. The van der Waals surface area contributed by atoms with Gasteiger partial charge in [-0.25, -0.2) is 0 Å². The molecule has 0 aromatic heterocycles. The lowest BCUT2D eigenvalue weighted by Crippen LogP contribution is -2.65. The highest BCUT2D eigenvalue weighted by Crippen LogP contribution is 2.76. The molecule has 36 heavy (non-hydrogen) atoms. The van der Waals surface area contributed by atoms with Crippen LogP contribution in [0.5, 0.6) is 0 Å². The molecule has 0 saturated heterocycles. The van der Waals surface area contributed by atoms with E-state index >= 15 is 0 Å². The number of Topliss-reactive ketones (excluding diaryl/α,β-unsaturated/α-hetero) is 1. The zero-order valence-electron chi connectivity index (χ0n) is 23.7. The summed E-state index contributed by atoms with van der Waals surface area (Å²) in [5.41, 5.74) is 2.14. The number of allylic oxidation sites excluding steroid dienone is 2. The molecule has 5 rings (SSSR count). The largest absolute Gasteiger partial charge is 0.481 e. The number of aldehydes is 1. The van der Waals surface area contributed by atoms with Gasteiger partial charge in [-0.05, 0) is 114 Å². The fourth-order valence-corrected chi connectivity index (χ4v) is 11.4. The van der Waals surface area contributed by atoms with Gasteiger partial charge in [0.25, 0.3) is 0 Å². The van der Waals surface area contributed by atoms with Crippen LogP contribution in [-0.4, -0.2) is 23.1 Å².